The first-order valence-electron chi connectivity index (χ1n) is 4.42. The number of hydrogen-bond donors (Lipinski definition) is 3. The number of benzene rings is 1. The Balaban J connectivity index is 0.000000366. The Morgan fingerprint density at radius 3 is 2.18 bits per heavy atom. The van der Waals surface area contributed by atoms with Crippen molar-refractivity contribution in [2.75, 3.05) is 0 Å². The van der Waals surface area contributed by atoms with Gasteiger partial charge in [-0.15, -0.1) is 0 Å². The molecule has 92 valence electrons. The van der Waals surface area contributed by atoms with Gasteiger partial charge in [0.05, 0.1) is 11.8 Å². The van der Waals surface area contributed by atoms with E-state index in [1.807, 2.05) is 0 Å². The zero-order chi connectivity index (χ0) is 13.4. The molecule has 0 bridgehead atoms. The molecule has 0 saturated carbocycles. The van der Waals surface area contributed by atoms with Gasteiger partial charge in [-0.1, -0.05) is 6.58 Å². The van der Waals surface area contributed by atoms with E-state index >= 15 is 0 Å². The molecular formula is C11H12O6. The Hall–Kier alpha value is -2.50. The van der Waals surface area contributed by atoms with Gasteiger partial charge in [0.15, 0.2) is 11.5 Å². The lowest BCUT2D eigenvalue weighted by Crippen LogP contribution is -1.94. The highest BCUT2D eigenvalue weighted by atomic mass is 16.5. The first kappa shape index (κ1) is 14.5. The Bertz CT molecular complexity index is 424. The van der Waals surface area contributed by atoms with E-state index < -0.39 is 11.7 Å². The Morgan fingerprint density at radius 2 is 1.88 bits per heavy atom. The highest BCUT2D eigenvalue weighted by Gasteiger charge is 2.05. The maximum absolute atomic E-state index is 10.3. The number of hydrogen-bond acceptors (Lipinski definition) is 5. The molecule has 17 heavy (non-hydrogen) atoms. The average molecular weight is 240 g/mol. The van der Waals surface area contributed by atoms with Crippen LogP contribution in [0, 0.1) is 0 Å². The molecule has 0 radical (unpaired) electrons. The molecule has 1 aromatic carbocycles. The number of carbonyl (C=O) groups excluding carboxylic acids is 1. The zero-order valence-electron chi connectivity index (χ0n) is 9.08. The van der Waals surface area contributed by atoms with Gasteiger partial charge in [-0.25, -0.2) is 4.79 Å². The molecule has 0 amide bonds. The lowest BCUT2D eigenvalue weighted by molar-refractivity contribution is -0.135. The van der Waals surface area contributed by atoms with Crippen molar-refractivity contribution in [3.05, 3.63) is 36.6 Å². The van der Waals surface area contributed by atoms with Gasteiger partial charge < -0.3 is 20.1 Å². The van der Waals surface area contributed by atoms with Gasteiger partial charge in [-0.05, 0) is 18.2 Å². The number of aromatic carboxylic acids is 1. The van der Waals surface area contributed by atoms with Crippen molar-refractivity contribution in [2.24, 2.45) is 0 Å². The van der Waals surface area contributed by atoms with E-state index in [0.717, 1.165) is 18.4 Å². The number of carboxylic acid groups (broad SMARTS) is 1. The summed E-state index contributed by atoms with van der Waals surface area (Å²) in [5.74, 6) is -2.22. The molecule has 0 aliphatic rings. The summed E-state index contributed by atoms with van der Waals surface area (Å²) in [5.41, 5.74) is -0.0553. The maximum Gasteiger partial charge on any atom is 0.335 e. The quantitative estimate of drug-likeness (QED) is 0.411. The lowest BCUT2D eigenvalue weighted by Gasteiger charge is -1.97. The third kappa shape index (κ3) is 5.83. The van der Waals surface area contributed by atoms with Gasteiger partial charge in [0.1, 0.15) is 0 Å². The van der Waals surface area contributed by atoms with E-state index in [0.29, 0.717) is 0 Å². The van der Waals surface area contributed by atoms with Crippen LogP contribution < -0.4 is 0 Å². The monoisotopic (exact) mass is 240 g/mol. The molecule has 1 rings (SSSR count). The fourth-order valence-corrected chi connectivity index (χ4v) is 0.774. The van der Waals surface area contributed by atoms with Gasteiger partial charge in [-0.2, -0.15) is 0 Å². The SMILES string of the molecule is C=COC(C)=O.O=C(O)c1ccc(O)c(O)c1. The van der Waals surface area contributed by atoms with Crippen molar-refractivity contribution in [1.29, 1.82) is 0 Å². The van der Waals surface area contributed by atoms with Crippen LogP contribution >= 0.6 is 0 Å². The van der Waals surface area contributed by atoms with Gasteiger partial charge in [-0.3, -0.25) is 4.79 Å². The first-order chi connectivity index (χ1) is 7.88. The van der Waals surface area contributed by atoms with Gasteiger partial charge in [0.2, 0.25) is 0 Å². The molecular weight excluding hydrogens is 228 g/mol. The summed E-state index contributed by atoms with van der Waals surface area (Å²) in [7, 11) is 0. The summed E-state index contributed by atoms with van der Waals surface area (Å²) in [6, 6.07) is 3.31. The van der Waals surface area contributed by atoms with E-state index in [2.05, 4.69) is 11.3 Å². The molecule has 0 spiro atoms. The van der Waals surface area contributed by atoms with Crippen LogP contribution in [0.5, 0.6) is 11.5 Å². The topological polar surface area (TPSA) is 104 Å². The van der Waals surface area contributed by atoms with Crippen LogP contribution in [0.15, 0.2) is 31.0 Å². The third-order valence-corrected chi connectivity index (χ3v) is 1.47. The van der Waals surface area contributed by atoms with E-state index in [-0.39, 0.29) is 17.3 Å². The first-order valence-corrected chi connectivity index (χ1v) is 4.42. The molecule has 6 heteroatoms. The predicted octanol–water partition coefficient (Wildman–Crippen LogP) is 1.49. The van der Waals surface area contributed by atoms with Gasteiger partial charge in [0, 0.05) is 6.92 Å². The second-order valence-corrected chi connectivity index (χ2v) is 2.78. The van der Waals surface area contributed by atoms with Crippen LogP contribution in [0.3, 0.4) is 0 Å². The van der Waals surface area contributed by atoms with Crippen LogP contribution in [0.4, 0.5) is 0 Å². The van der Waals surface area contributed by atoms with Crippen molar-refractivity contribution in [3.63, 3.8) is 0 Å². The van der Waals surface area contributed by atoms with Crippen molar-refractivity contribution in [1.82, 2.24) is 0 Å². The molecule has 0 fully saturated rings. The lowest BCUT2D eigenvalue weighted by atomic mass is 10.2. The molecule has 0 unspecified atom stereocenters. The standard InChI is InChI=1S/C7H6O4.C4H6O2/c8-5-2-1-4(7(10)11)3-6(5)9;1-3-6-4(2)5/h1-3,8-9H,(H,10,11);3H,1H2,2H3. The van der Waals surface area contributed by atoms with E-state index in [4.69, 9.17) is 15.3 Å². The van der Waals surface area contributed by atoms with E-state index in [9.17, 15) is 9.59 Å². The van der Waals surface area contributed by atoms with E-state index in [1.165, 1.54) is 13.0 Å². The van der Waals surface area contributed by atoms with Gasteiger partial charge >= 0.3 is 11.9 Å². The second-order valence-electron chi connectivity index (χ2n) is 2.78. The Morgan fingerprint density at radius 1 is 1.29 bits per heavy atom. The molecule has 0 saturated heterocycles. The van der Waals surface area contributed by atoms with Crippen LogP contribution in [-0.2, 0) is 9.53 Å². The molecule has 0 heterocycles. The highest BCUT2D eigenvalue weighted by molar-refractivity contribution is 5.88. The Labute approximate surface area is 97.4 Å². The molecule has 3 N–H and O–H groups in total. The smallest absolute Gasteiger partial charge is 0.335 e. The summed E-state index contributed by atoms with van der Waals surface area (Å²) in [6.45, 7) is 4.48. The normalized spacial score (nSPS) is 8.53. The predicted molar refractivity (Wildman–Crippen MR) is 58.7 cm³/mol. The summed E-state index contributed by atoms with van der Waals surface area (Å²) < 4.78 is 4.17. The van der Waals surface area contributed by atoms with E-state index in [1.54, 1.807) is 0 Å². The zero-order valence-corrected chi connectivity index (χ0v) is 9.08. The van der Waals surface area contributed by atoms with Crippen molar-refractivity contribution < 1.29 is 29.6 Å². The number of esters is 1. The second kappa shape index (κ2) is 6.89. The molecule has 1 aromatic rings. The maximum atomic E-state index is 10.3. The largest absolute Gasteiger partial charge is 0.504 e. The number of phenols is 2. The number of phenolic OH excluding ortho intramolecular Hbond substituents is 2. The minimum Gasteiger partial charge on any atom is -0.504 e. The van der Waals surface area contributed by atoms with Gasteiger partial charge in [0.25, 0.3) is 0 Å². The number of aromatic hydroxyl groups is 2. The fraction of sp³-hybridized carbons (Fsp3) is 0.0909. The summed E-state index contributed by atoms with van der Waals surface area (Å²) in [6.07, 6.45) is 1.10. The number of carboxylic acids is 1. The minimum absolute atomic E-state index is 0.0553. The van der Waals surface area contributed by atoms with Crippen LogP contribution in [-0.4, -0.2) is 27.3 Å². The summed E-state index contributed by atoms with van der Waals surface area (Å²) in [4.78, 5) is 20.0. The average Bonchev–Trinajstić information content (AvgIpc) is 2.22. The minimum atomic E-state index is -1.14. The summed E-state index contributed by atoms with van der Waals surface area (Å²) in [5, 5.41) is 26.0. The molecule has 0 aromatic heterocycles. The summed E-state index contributed by atoms with van der Waals surface area (Å²) >= 11 is 0. The number of ether oxygens (including phenoxy) is 1. The van der Waals surface area contributed by atoms with Crippen LogP contribution in [0.1, 0.15) is 17.3 Å². The van der Waals surface area contributed by atoms with Crippen molar-refractivity contribution in [3.8, 4) is 11.5 Å². The molecule has 6 nitrogen and oxygen atoms in total. The molecule has 0 atom stereocenters. The third-order valence-electron chi connectivity index (χ3n) is 1.47. The van der Waals surface area contributed by atoms with Crippen LogP contribution in [0.2, 0.25) is 0 Å². The number of carbonyl (C=O) groups is 2. The fourth-order valence-electron chi connectivity index (χ4n) is 0.774. The van der Waals surface area contributed by atoms with Crippen molar-refractivity contribution >= 4 is 11.9 Å². The highest BCUT2D eigenvalue weighted by Crippen LogP contribution is 2.24. The molecule has 0 aliphatic carbocycles. The van der Waals surface area contributed by atoms with Crippen molar-refractivity contribution in [2.45, 2.75) is 6.92 Å². The Kier molecular flexibility index (Phi) is 5.87. The number of rotatable bonds is 2. The molecule has 0 aliphatic heterocycles. The van der Waals surface area contributed by atoms with Crippen LogP contribution in [0.25, 0.3) is 0 Å².